The summed E-state index contributed by atoms with van der Waals surface area (Å²) in [4.78, 5) is 14.1. The second-order valence-electron chi connectivity index (χ2n) is 5.33. The van der Waals surface area contributed by atoms with Crippen molar-refractivity contribution in [2.45, 2.75) is 52.0 Å². The average Bonchev–Trinajstić information content (AvgIpc) is 2.35. The SMILES string of the molecule is CCC(CC)(NC(=O)N1CCCC(C)C1)C(=N)N. The van der Waals surface area contributed by atoms with E-state index in [2.05, 4.69) is 12.2 Å². The summed E-state index contributed by atoms with van der Waals surface area (Å²) in [5.41, 5.74) is 4.97. The van der Waals surface area contributed by atoms with Crippen LogP contribution >= 0.6 is 0 Å². The molecule has 5 nitrogen and oxygen atoms in total. The molecule has 1 aliphatic rings. The zero-order valence-electron chi connectivity index (χ0n) is 11.8. The molecule has 0 aromatic heterocycles. The number of rotatable bonds is 4. The fourth-order valence-corrected chi connectivity index (χ4v) is 2.53. The minimum atomic E-state index is -0.683. The quantitative estimate of drug-likeness (QED) is 0.529. The van der Waals surface area contributed by atoms with Gasteiger partial charge in [-0.1, -0.05) is 20.8 Å². The molecule has 1 rings (SSSR count). The predicted octanol–water partition coefficient (Wildman–Crippen LogP) is 1.92. The number of piperidine rings is 1. The van der Waals surface area contributed by atoms with Crippen LogP contribution in [0.1, 0.15) is 46.5 Å². The summed E-state index contributed by atoms with van der Waals surface area (Å²) in [7, 11) is 0. The minimum Gasteiger partial charge on any atom is -0.386 e. The van der Waals surface area contributed by atoms with Gasteiger partial charge in [0, 0.05) is 13.1 Å². The second kappa shape index (κ2) is 6.07. The zero-order chi connectivity index (χ0) is 13.8. The predicted molar refractivity (Wildman–Crippen MR) is 73.7 cm³/mol. The normalized spacial score (nSPS) is 20.6. The first-order valence-electron chi connectivity index (χ1n) is 6.86. The lowest BCUT2D eigenvalue weighted by Gasteiger charge is -2.37. The molecule has 1 saturated heterocycles. The van der Waals surface area contributed by atoms with Crippen molar-refractivity contribution >= 4 is 11.9 Å². The van der Waals surface area contributed by atoms with Crippen LogP contribution in [-0.4, -0.2) is 35.4 Å². The van der Waals surface area contributed by atoms with Crippen molar-refractivity contribution in [1.82, 2.24) is 10.2 Å². The van der Waals surface area contributed by atoms with Crippen LogP contribution in [0.4, 0.5) is 4.79 Å². The first-order chi connectivity index (χ1) is 8.45. The van der Waals surface area contributed by atoms with E-state index < -0.39 is 5.54 Å². The van der Waals surface area contributed by atoms with Crippen molar-refractivity contribution in [3.05, 3.63) is 0 Å². The molecular weight excluding hydrogens is 228 g/mol. The van der Waals surface area contributed by atoms with Crippen molar-refractivity contribution in [3.63, 3.8) is 0 Å². The molecule has 1 heterocycles. The maximum absolute atomic E-state index is 12.2. The van der Waals surface area contributed by atoms with Gasteiger partial charge in [-0.3, -0.25) is 5.41 Å². The van der Waals surface area contributed by atoms with Gasteiger partial charge in [-0.05, 0) is 31.6 Å². The van der Waals surface area contributed by atoms with Gasteiger partial charge >= 0.3 is 6.03 Å². The zero-order valence-corrected chi connectivity index (χ0v) is 11.8. The Balaban J connectivity index is 2.69. The lowest BCUT2D eigenvalue weighted by Crippen LogP contribution is -2.60. The van der Waals surface area contributed by atoms with E-state index >= 15 is 0 Å². The van der Waals surface area contributed by atoms with E-state index in [0.717, 1.165) is 19.5 Å². The van der Waals surface area contributed by atoms with Crippen LogP contribution in [0.15, 0.2) is 0 Å². The van der Waals surface area contributed by atoms with Crippen LogP contribution in [-0.2, 0) is 0 Å². The molecule has 0 spiro atoms. The molecule has 5 heteroatoms. The van der Waals surface area contributed by atoms with Gasteiger partial charge in [0.1, 0.15) is 5.84 Å². The summed E-state index contributed by atoms with van der Waals surface area (Å²) in [6.45, 7) is 7.66. The van der Waals surface area contributed by atoms with Gasteiger partial charge in [-0.15, -0.1) is 0 Å². The number of nitrogens with zero attached hydrogens (tertiary/aromatic N) is 1. The highest BCUT2D eigenvalue weighted by Crippen LogP contribution is 2.19. The number of nitrogens with one attached hydrogen (secondary N) is 2. The van der Waals surface area contributed by atoms with E-state index in [1.807, 2.05) is 18.7 Å². The Hall–Kier alpha value is -1.26. The van der Waals surface area contributed by atoms with E-state index in [1.54, 1.807) is 0 Å². The molecule has 4 N–H and O–H groups in total. The third kappa shape index (κ3) is 3.15. The molecule has 0 aromatic rings. The molecule has 1 unspecified atom stereocenters. The largest absolute Gasteiger partial charge is 0.386 e. The minimum absolute atomic E-state index is 0.0471. The molecule has 0 bridgehead atoms. The fraction of sp³-hybridized carbons (Fsp3) is 0.846. The van der Waals surface area contributed by atoms with Crippen molar-refractivity contribution in [2.75, 3.05) is 13.1 Å². The molecule has 0 aliphatic carbocycles. The fourth-order valence-electron chi connectivity index (χ4n) is 2.53. The first-order valence-corrected chi connectivity index (χ1v) is 6.86. The summed E-state index contributed by atoms with van der Waals surface area (Å²) in [6, 6.07) is -0.0829. The molecule has 1 aliphatic heterocycles. The van der Waals surface area contributed by atoms with E-state index in [4.69, 9.17) is 11.1 Å². The van der Waals surface area contributed by atoms with Gasteiger partial charge in [0.2, 0.25) is 0 Å². The van der Waals surface area contributed by atoms with Crippen molar-refractivity contribution in [3.8, 4) is 0 Å². The van der Waals surface area contributed by atoms with Crippen LogP contribution in [0.5, 0.6) is 0 Å². The van der Waals surface area contributed by atoms with Gasteiger partial charge in [0.05, 0.1) is 5.54 Å². The number of carbonyl (C=O) groups excluding carboxylic acids is 1. The molecule has 0 aromatic carbocycles. The van der Waals surface area contributed by atoms with Gasteiger partial charge in [-0.2, -0.15) is 0 Å². The standard InChI is InChI=1S/C13H26N4O/c1-4-13(5-2,11(14)15)16-12(18)17-8-6-7-10(3)9-17/h10H,4-9H2,1-3H3,(H3,14,15)(H,16,18). The van der Waals surface area contributed by atoms with Crippen LogP contribution < -0.4 is 11.1 Å². The maximum Gasteiger partial charge on any atom is 0.318 e. The molecule has 0 radical (unpaired) electrons. The van der Waals surface area contributed by atoms with E-state index in [0.29, 0.717) is 18.8 Å². The molecule has 0 saturated carbocycles. The van der Waals surface area contributed by atoms with Crippen molar-refractivity contribution in [2.24, 2.45) is 11.7 Å². The Bertz CT molecular complexity index is 312. The Morgan fingerprint density at radius 3 is 2.56 bits per heavy atom. The summed E-state index contributed by atoms with van der Waals surface area (Å²) in [6.07, 6.45) is 3.53. The van der Waals surface area contributed by atoms with Gasteiger partial charge in [-0.25, -0.2) is 4.79 Å². The number of hydrogen-bond donors (Lipinski definition) is 3. The van der Waals surface area contributed by atoms with Crippen LogP contribution in [0.3, 0.4) is 0 Å². The molecule has 104 valence electrons. The highest BCUT2D eigenvalue weighted by atomic mass is 16.2. The van der Waals surface area contributed by atoms with E-state index in [9.17, 15) is 4.79 Å². The number of likely N-dealkylation sites (tertiary alicyclic amines) is 1. The number of amides is 2. The topological polar surface area (TPSA) is 82.2 Å². The van der Waals surface area contributed by atoms with Crippen molar-refractivity contribution in [1.29, 1.82) is 5.41 Å². The van der Waals surface area contributed by atoms with E-state index in [1.165, 1.54) is 6.42 Å². The first kappa shape index (κ1) is 14.8. The smallest absolute Gasteiger partial charge is 0.318 e. The molecule has 2 amide bonds. The molecular formula is C13H26N4O. The Kier molecular flexibility index (Phi) is 4.99. The highest BCUT2D eigenvalue weighted by Gasteiger charge is 2.33. The van der Waals surface area contributed by atoms with E-state index in [-0.39, 0.29) is 11.9 Å². The summed E-state index contributed by atoms with van der Waals surface area (Å²) in [5.74, 6) is 0.602. The number of hydrogen-bond acceptors (Lipinski definition) is 2. The maximum atomic E-state index is 12.2. The molecule has 1 fully saturated rings. The summed E-state index contributed by atoms with van der Waals surface area (Å²) >= 11 is 0. The second-order valence-corrected chi connectivity index (χ2v) is 5.33. The third-order valence-electron chi connectivity index (χ3n) is 4.01. The number of urea groups is 1. The summed E-state index contributed by atoms with van der Waals surface area (Å²) < 4.78 is 0. The van der Waals surface area contributed by atoms with Gasteiger partial charge in [0.25, 0.3) is 0 Å². The Morgan fingerprint density at radius 2 is 2.11 bits per heavy atom. The lowest BCUT2D eigenvalue weighted by atomic mass is 9.91. The van der Waals surface area contributed by atoms with Crippen molar-refractivity contribution < 1.29 is 4.79 Å². The van der Waals surface area contributed by atoms with Crippen LogP contribution in [0.25, 0.3) is 0 Å². The monoisotopic (exact) mass is 254 g/mol. The van der Waals surface area contributed by atoms with Crippen LogP contribution in [0, 0.1) is 11.3 Å². The lowest BCUT2D eigenvalue weighted by molar-refractivity contribution is 0.162. The molecule has 18 heavy (non-hydrogen) atoms. The average molecular weight is 254 g/mol. The highest BCUT2D eigenvalue weighted by molar-refractivity contribution is 5.91. The Labute approximate surface area is 110 Å². The van der Waals surface area contributed by atoms with Crippen LogP contribution in [0.2, 0.25) is 0 Å². The van der Waals surface area contributed by atoms with Gasteiger partial charge < -0.3 is 16.0 Å². The summed E-state index contributed by atoms with van der Waals surface area (Å²) in [5, 5.41) is 10.6. The van der Waals surface area contributed by atoms with Gasteiger partial charge in [0.15, 0.2) is 0 Å². The third-order valence-corrected chi connectivity index (χ3v) is 4.01. The molecule has 1 atom stereocenters. The Morgan fingerprint density at radius 1 is 1.50 bits per heavy atom. The number of carbonyl (C=O) groups is 1. The number of amidine groups is 1. The number of nitrogens with two attached hydrogens (primary N) is 1.